The van der Waals surface area contributed by atoms with Gasteiger partial charge in [0.1, 0.15) is 5.75 Å². The van der Waals surface area contributed by atoms with Crippen LogP contribution < -0.4 is 4.74 Å². The molecule has 0 unspecified atom stereocenters. The molecule has 31 heavy (non-hydrogen) atoms. The van der Waals surface area contributed by atoms with Gasteiger partial charge in [0.15, 0.2) is 17.5 Å². The van der Waals surface area contributed by atoms with E-state index < -0.39 is 23.4 Å². The minimum atomic E-state index is -1.60. The fourth-order valence-corrected chi connectivity index (χ4v) is 3.58. The molecule has 0 saturated heterocycles. The van der Waals surface area contributed by atoms with E-state index in [9.17, 15) is 18.0 Å². The number of halogens is 3. The molecule has 2 aromatic rings. The number of hydrogen-bond donors (Lipinski definition) is 0. The van der Waals surface area contributed by atoms with E-state index in [1.165, 1.54) is 0 Å². The molecule has 1 saturated carbocycles. The molecule has 3 nitrogen and oxygen atoms in total. The van der Waals surface area contributed by atoms with Crippen LogP contribution in [-0.4, -0.2) is 18.7 Å². The highest BCUT2D eigenvalue weighted by atomic mass is 19.2. The molecule has 0 N–H and O–H groups in total. The Labute approximate surface area is 180 Å². The first-order chi connectivity index (χ1) is 15.0. The normalized spacial score (nSPS) is 19.0. The molecule has 0 spiro atoms. The largest absolute Gasteiger partial charge is 0.423 e. The Bertz CT molecular complexity index is 878. The van der Waals surface area contributed by atoms with Crippen molar-refractivity contribution in [3.63, 3.8) is 0 Å². The van der Waals surface area contributed by atoms with Crippen LogP contribution in [0, 0.1) is 23.4 Å². The molecule has 0 amide bonds. The molecular weight excluding hydrogens is 405 g/mol. The third-order valence-corrected chi connectivity index (χ3v) is 5.45. The first kappa shape index (κ1) is 23.1. The summed E-state index contributed by atoms with van der Waals surface area (Å²) in [7, 11) is 0. The first-order valence-electron chi connectivity index (χ1n) is 10.7. The Morgan fingerprint density at radius 3 is 2.29 bits per heavy atom. The van der Waals surface area contributed by atoms with Crippen molar-refractivity contribution in [3.05, 3.63) is 71.1 Å². The quantitative estimate of drug-likeness (QED) is 0.201. The van der Waals surface area contributed by atoms with Crippen LogP contribution >= 0.6 is 0 Å². The molecule has 166 valence electrons. The second kappa shape index (κ2) is 11.1. The van der Waals surface area contributed by atoms with Crippen LogP contribution in [0.3, 0.4) is 0 Å². The van der Waals surface area contributed by atoms with Gasteiger partial charge in [-0.25, -0.2) is 18.0 Å². The number of allylic oxidation sites excluding steroid dienone is 1. The smallest absolute Gasteiger partial charge is 0.343 e. The number of esters is 1. The first-order valence-corrected chi connectivity index (χ1v) is 10.7. The molecule has 0 aliphatic heterocycles. The van der Waals surface area contributed by atoms with E-state index in [4.69, 9.17) is 9.47 Å². The van der Waals surface area contributed by atoms with E-state index in [0.29, 0.717) is 24.2 Å². The van der Waals surface area contributed by atoms with Gasteiger partial charge in [-0.15, -0.1) is 0 Å². The molecule has 0 bridgehead atoms. The lowest BCUT2D eigenvalue weighted by Crippen LogP contribution is -2.21. The van der Waals surface area contributed by atoms with E-state index in [2.05, 4.69) is 13.0 Å². The SMILES string of the molecule is CCCCOC1CCC(C=Cc2ccc(C(=O)Oc3cc(F)c(F)c(F)c3)cc2)CC1. The predicted molar refractivity (Wildman–Crippen MR) is 113 cm³/mol. The van der Waals surface area contributed by atoms with Crippen molar-refractivity contribution in [2.45, 2.75) is 51.6 Å². The zero-order valence-electron chi connectivity index (χ0n) is 17.6. The summed E-state index contributed by atoms with van der Waals surface area (Å²) >= 11 is 0. The minimum Gasteiger partial charge on any atom is -0.423 e. The molecule has 3 rings (SSSR count). The lowest BCUT2D eigenvalue weighted by Gasteiger charge is -2.26. The second-order valence-corrected chi connectivity index (χ2v) is 7.83. The van der Waals surface area contributed by atoms with Gasteiger partial charge in [0.05, 0.1) is 11.7 Å². The van der Waals surface area contributed by atoms with Crippen molar-refractivity contribution >= 4 is 12.0 Å². The van der Waals surface area contributed by atoms with Crippen molar-refractivity contribution in [1.29, 1.82) is 0 Å². The monoisotopic (exact) mass is 432 g/mol. The maximum atomic E-state index is 13.3. The number of carbonyl (C=O) groups is 1. The third-order valence-electron chi connectivity index (χ3n) is 5.45. The van der Waals surface area contributed by atoms with Gasteiger partial charge in [0, 0.05) is 18.7 Å². The molecule has 1 aliphatic carbocycles. The minimum absolute atomic E-state index is 0.229. The van der Waals surface area contributed by atoms with Gasteiger partial charge in [0.2, 0.25) is 0 Å². The Morgan fingerprint density at radius 2 is 1.68 bits per heavy atom. The Kier molecular flexibility index (Phi) is 8.29. The topological polar surface area (TPSA) is 35.5 Å². The summed E-state index contributed by atoms with van der Waals surface area (Å²) in [5.41, 5.74) is 1.17. The van der Waals surface area contributed by atoms with Crippen LogP contribution in [0.4, 0.5) is 13.2 Å². The Morgan fingerprint density at radius 1 is 1.03 bits per heavy atom. The van der Waals surface area contributed by atoms with E-state index in [1.807, 2.05) is 6.08 Å². The van der Waals surface area contributed by atoms with Crippen LogP contribution in [-0.2, 0) is 4.74 Å². The predicted octanol–water partition coefficient (Wildman–Crippen LogP) is 6.71. The van der Waals surface area contributed by atoms with Crippen LogP contribution in [0.1, 0.15) is 61.4 Å². The number of benzene rings is 2. The number of ether oxygens (including phenoxy) is 2. The average Bonchev–Trinajstić information content (AvgIpc) is 2.77. The van der Waals surface area contributed by atoms with E-state index in [0.717, 1.165) is 50.7 Å². The van der Waals surface area contributed by atoms with Gasteiger partial charge in [-0.3, -0.25) is 0 Å². The summed E-state index contributed by atoms with van der Waals surface area (Å²) in [5.74, 6) is -5.08. The van der Waals surface area contributed by atoms with E-state index >= 15 is 0 Å². The molecule has 2 aromatic carbocycles. The average molecular weight is 432 g/mol. The molecule has 0 heterocycles. The van der Waals surface area contributed by atoms with Gasteiger partial charge in [-0.05, 0) is 55.7 Å². The van der Waals surface area contributed by atoms with Gasteiger partial charge in [0.25, 0.3) is 0 Å². The summed E-state index contributed by atoms with van der Waals surface area (Å²) < 4.78 is 50.4. The maximum Gasteiger partial charge on any atom is 0.343 e. The van der Waals surface area contributed by atoms with Crippen LogP contribution in [0.2, 0.25) is 0 Å². The molecular formula is C25H27F3O3. The summed E-state index contributed by atoms with van der Waals surface area (Å²) in [6.45, 7) is 3.01. The lowest BCUT2D eigenvalue weighted by molar-refractivity contribution is 0.0209. The Hall–Kier alpha value is -2.60. The molecule has 0 radical (unpaired) electrons. The van der Waals surface area contributed by atoms with Crippen LogP contribution in [0.15, 0.2) is 42.5 Å². The van der Waals surface area contributed by atoms with Crippen molar-refractivity contribution in [3.8, 4) is 5.75 Å². The summed E-state index contributed by atoms with van der Waals surface area (Å²) in [4.78, 5) is 12.2. The summed E-state index contributed by atoms with van der Waals surface area (Å²) in [6.07, 6.45) is 11.2. The summed E-state index contributed by atoms with van der Waals surface area (Å²) in [6, 6.07) is 7.98. The van der Waals surface area contributed by atoms with Crippen molar-refractivity contribution in [2.75, 3.05) is 6.61 Å². The zero-order valence-corrected chi connectivity index (χ0v) is 17.6. The lowest BCUT2D eigenvalue weighted by atomic mass is 9.87. The highest BCUT2D eigenvalue weighted by molar-refractivity contribution is 5.91. The number of hydrogen-bond acceptors (Lipinski definition) is 3. The number of rotatable bonds is 8. The highest BCUT2D eigenvalue weighted by Crippen LogP contribution is 2.28. The summed E-state index contributed by atoms with van der Waals surface area (Å²) in [5, 5.41) is 0. The van der Waals surface area contributed by atoms with Crippen LogP contribution in [0.5, 0.6) is 5.75 Å². The maximum absolute atomic E-state index is 13.3. The fourth-order valence-electron chi connectivity index (χ4n) is 3.58. The van der Waals surface area contributed by atoms with Crippen molar-refractivity contribution in [1.82, 2.24) is 0 Å². The van der Waals surface area contributed by atoms with Gasteiger partial charge in [-0.2, -0.15) is 0 Å². The molecule has 1 fully saturated rings. The van der Waals surface area contributed by atoms with Gasteiger partial charge in [-0.1, -0.05) is 37.6 Å². The third kappa shape index (κ3) is 6.69. The fraction of sp³-hybridized carbons (Fsp3) is 0.400. The van der Waals surface area contributed by atoms with Gasteiger partial charge < -0.3 is 9.47 Å². The number of carbonyl (C=O) groups excluding carboxylic acids is 1. The molecule has 0 atom stereocenters. The van der Waals surface area contributed by atoms with E-state index in [-0.39, 0.29) is 11.3 Å². The zero-order chi connectivity index (χ0) is 22.2. The highest BCUT2D eigenvalue weighted by Gasteiger charge is 2.19. The van der Waals surface area contributed by atoms with E-state index in [1.54, 1.807) is 24.3 Å². The molecule has 6 heteroatoms. The van der Waals surface area contributed by atoms with Gasteiger partial charge >= 0.3 is 5.97 Å². The number of unbranched alkanes of at least 4 members (excludes halogenated alkanes) is 1. The van der Waals surface area contributed by atoms with Crippen molar-refractivity contribution in [2.24, 2.45) is 5.92 Å². The second-order valence-electron chi connectivity index (χ2n) is 7.83. The molecule has 0 aromatic heterocycles. The molecule has 1 aliphatic rings. The standard InChI is InChI=1S/C25H27F3O3/c1-2-3-14-30-20-12-8-18(9-13-20)5-4-17-6-10-19(11-7-17)25(29)31-21-15-22(26)24(28)23(27)16-21/h4-7,10-11,15-16,18,20H,2-3,8-9,12-14H2,1H3. The van der Waals surface area contributed by atoms with Crippen LogP contribution in [0.25, 0.3) is 6.08 Å². The van der Waals surface area contributed by atoms with Crippen molar-refractivity contribution < 1.29 is 27.4 Å². The Balaban J connectivity index is 1.50.